The minimum absolute atomic E-state index is 0.453. The average molecular weight is 234 g/mol. The zero-order chi connectivity index (χ0) is 13.0. The van der Waals surface area contributed by atoms with Crippen LogP contribution in [0.4, 0.5) is 0 Å². The second kappa shape index (κ2) is 5.94. The zero-order valence-corrected chi connectivity index (χ0v) is 11.0. The van der Waals surface area contributed by atoms with Crippen molar-refractivity contribution in [3.63, 3.8) is 0 Å². The number of methoxy groups -OCH3 is 5. The first-order valence-corrected chi connectivity index (χ1v) is 5.06. The molecule has 0 amide bonds. The van der Waals surface area contributed by atoms with Crippen LogP contribution in [0, 0.1) is 0 Å². The summed E-state index contributed by atoms with van der Waals surface area (Å²) in [6.45, 7) is 0. The van der Waals surface area contributed by atoms with Crippen LogP contribution in [0.3, 0.4) is 0 Å². The molecular weight excluding hydrogens is 219 g/mol. The van der Waals surface area contributed by atoms with Crippen LogP contribution < -0.4 is 27.9 Å². The van der Waals surface area contributed by atoms with E-state index >= 15 is 0 Å². The molecular formula is C11H15LiO5. The van der Waals surface area contributed by atoms with Crippen LogP contribution in [0.1, 0.15) is 0 Å². The van der Waals surface area contributed by atoms with E-state index in [1.165, 1.54) is 7.11 Å². The molecule has 0 saturated carbocycles. The summed E-state index contributed by atoms with van der Waals surface area (Å²) in [5.74, 6) is 2.58. The van der Waals surface area contributed by atoms with Crippen molar-refractivity contribution >= 4 is 22.0 Å². The van der Waals surface area contributed by atoms with E-state index in [-0.39, 0.29) is 0 Å². The summed E-state index contributed by atoms with van der Waals surface area (Å²) in [6.07, 6.45) is 0. The summed E-state index contributed by atoms with van der Waals surface area (Å²) < 4.78 is 27.3. The molecule has 5 nitrogen and oxygen atoms in total. The molecule has 0 atom stereocenters. The van der Waals surface area contributed by atoms with Crippen LogP contribution in [0.2, 0.25) is 0 Å². The van der Waals surface area contributed by atoms with Gasteiger partial charge in [-0.3, -0.25) is 0 Å². The van der Waals surface area contributed by atoms with E-state index in [0.717, 1.165) is 4.24 Å². The van der Waals surface area contributed by atoms with Crippen LogP contribution in [0.25, 0.3) is 0 Å². The molecule has 0 saturated heterocycles. The van der Waals surface area contributed by atoms with E-state index in [1.54, 1.807) is 28.4 Å². The van der Waals surface area contributed by atoms with Gasteiger partial charge in [-0.2, -0.15) is 0 Å². The van der Waals surface area contributed by atoms with E-state index in [4.69, 9.17) is 23.7 Å². The molecule has 0 radical (unpaired) electrons. The second-order valence-corrected chi connectivity index (χ2v) is 3.29. The zero-order valence-electron chi connectivity index (χ0n) is 11.0. The topological polar surface area (TPSA) is 46.2 Å². The van der Waals surface area contributed by atoms with Gasteiger partial charge in [0.2, 0.25) is 0 Å². The first-order valence-electron chi connectivity index (χ1n) is 5.06. The third-order valence-corrected chi connectivity index (χ3v) is 2.53. The molecule has 0 heterocycles. The summed E-state index contributed by atoms with van der Waals surface area (Å²) in [5, 5.41) is 0. The third-order valence-electron chi connectivity index (χ3n) is 2.53. The Balaban J connectivity index is 3.66. The van der Waals surface area contributed by atoms with Gasteiger partial charge in [-0.05, 0) is 0 Å². The van der Waals surface area contributed by atoms with Gasteiger partial charge in [-0.25, -0.2) is 0 Å². The van der Waals surface area contributed by atoms with Gasteiger partial charge in [0.15, 0.2) is 0 Å². The van der Waals surface area contributed by atoms with E-state index in [2.05, 4.69) is 0 Å². The Hall–Kier alpha value is -1.18. The fourth-order valence-corrected chi connectivity index (χ4v) is 1.80. The number of hydrogen-bond donors (Lipinski definition) is 0. The number of benzene rings is 1. The van der Waals surface area contributed by atoms with E-state index in [0.29, 0.717) is 28.7 Å². The molecule has 0 aliphatic heterocycles. The van der Waals surface area contributed by atoms with Gasteiger partial charge in [-0.15, -0.1) is 0 Å². The van der Waals surface area contributed by atoms with Crippen LogP contribution in [0.15, 0.2) is 0 Å². The van der Waals surface area contributed by atoms with Crippen molar-refractivity contribution in [2.45, 2.75) is 0 Å². The summed E-state index contributed by atoms with van der Waals surface area (Å²) in [7, 11) is 7.76. The van der Waals surface area contributed by atoms with Crippen molar-refractivity contribution in [2.24, 2.45) is 0 Å². The van der Waals surface area contributed by atoms with Crippen LogP contribution >= 0.6 is 0 Å². The summed E-state index contributed by atoms with van der Waals surface area (Å²) >= 11 is 1.86. The molecule has 0 bridgehead atoms. The standard InChI is InChI=1S/C11H15O5.Li/c1-12-7-6-8(13-2)10(15-4)11(16-5)9(7)14-3;/h1-5H3;. The van der Waals surface area contributed by atoms with Gasteiger partial charge in [0.25, 0.3) is 0 Å². The molecule has 0 unspecified atom stereocenters. The van der Waals surface area contributed by atoms with Crippen LogP contribution in [-0.2, 0) is 0 Å². The molecule has 1 aromatic carbocycles. The van der Waals surface area contributed by atoms with Crippen LogP contribution in [-0.4, -0.2) is 53.3 Å². The van der Waals surface area contributed by atoms with Crippen molar-refractivity contribution in [3.8, 4) is 28.7 Å². The average Bonchev–Trinajstić information content (AvgIpc) is 2.36. The molecule has 1 aromatic rings. The normalized spacial score (nSPS) is 9.82. The van der Waals surface area contributed by atoms with Gasteiger partial charge in [0.1, 0.15) is 0 Å². The van der Waals surface area contributed by atoms with Crippen molar-refractivity contribution < 1.29 is 23.7 Å². The molecule has 17 heavy (non-hydrogen) atoms. The number of hydrogen-bond acceptors (Lipinski definition) is 5. The second-order valence-electron chi connectivity index (χ2n) is 3.29. The predicted molar refractivity (Wildman–Crippen MR) is 64.6 cm³/mol. The monoisotopic (exact) mass is 234 g/mol. The number of ether oxygens (including phenoxy) is 5. The Bertz CT molecular complexity index is 372. The van der Waals surface area contributed by atoms with Gasteiger partial charge in [-0.1, -0.05) is 0 Å². The number of rotatable bonds is 5. The van der Waals surface area contributed by atoms with Gasteiger partial charge < -0.3 is 0 Å². The van der Waals surface area contributed by atoms with E-state index < -0.39 is 0 Å². The quantitative estimate of drug-likeness (QED) is 0.695. The molecule has 90 valence electrons. The summed E-state index contributed by atoms with van der Waals surface area (Å²) in [5.41, 5.74) is 0. The Morgan fingerprint density at radius 3 is 1.00 bits per heavy atom. The molecule has 0 fully saturated rings. The fraction of sp³-hybridized carbons (Fsp3) is 0.455. The van der Waals surface area contributed by atoms with E-state index in [9.17, 15) is 0 Å². The first kappa shape index (κ1) is 13.9. The Morgan fingerprint density at radius 1 is 0.529 bits per heavy atom. The molecule has 0 aromatic heterocycles. The van der Waals surface area contributed by atoms with Gasteiger partial charge in [0.05, 0.1) is 0 Å². The SMILES string of the molecule is [Li][c]1c(OC)c(OC)c(OC)c(OC)c1OC. The fourth-order valence-electron chi connectivity index (χ4n) is 1.80. The molecule has 6 heteroatoms. The molecule has 0 spiro atoms. The Morgan fingerprint density at radius 2 is 0.765 bits per heavy atom. The van der Waals surface area contributed by atoms with E-state index in [1.807, 2.05) is 17.7 Å². The summed E-state index contributed by atoms with van der Waals surface area (Å²) in [4.78, 5) is 0. The van der Waals surface area contributed by atoms with Crippen molar-refractivity contribution in [2.75, 3.05) is 35.5 Å². The van der Waals surface area contributed by atoms with Crippen LogP contribution in [0.5, 0.6) is 28.7 Å². The van der Waals surface area contributed by atoms with Crippen molar-refractivity contribution in [3.05, 3.63) is 0 Å². The summed E-state index contributed by atoms with van der Waals surface area (Å²) in [6, 6.07) is 0. The maximum absolute atomic E-state index is 5.31. The molecule has 0 N–H and O–H groups in total. The van der Waals surface area contributed by atoms with Crippen molar-refractivity contribution in [1.82, 2.24) is 0 Å². The molecule has 0 aliphatic carbocycles. The van der Waals surface area contributed by atoms with Gasteiger partial charge in [0, 0.05) is 0 Å². The van der Waals surface area contributed by atoms with Crippen molar-refractivity contribution in [1.29, 1.82) is 0 Å². The third kappa shape index (κ3) is 2.26. The van der Waals surface area contributed by atoms with Gasteiger partial charge >= 0.3 is 110 Å². The molecule has 1 rings (SSSR count). The Kier molecular flexibility index (Phi) is 4.85. The minimum atomic E-state index is 0.453. The molecule has 0 aliphatic rings. The Labute approximate surface area is 110 Å². The predicted octanol–water partition coefficient (Wildman–Crippen LogP) is 0.523. The maximum atomic E-state index is 5.31. The first-order chi connectivity index (χ1) is 8.15.